The maximum atomic E-state index is 5.37. The second-order valence-corrected chi connectivity index (χ2v) is 3.98. The van der Waals surface area contributed by atoms with Crippen LogP contribution >= 0.6 is 0 Å². The molecular weight excluding hydrogens is 138 g/mol. The van der Waals surface area contributed by atoms with E-state index in [4.69, 9.17) is 4.74 Å². The Morgan fingerprint density at radius 1 is 1.09 bits per heavy atom. The predicted octanol–water partition coefficient (Wildman–Crippen LogP) is 1.51. The third kappa shape index (κ3) is 9.92. The van der Waals surface area contributed by atoms with E-state index in [9.17, 15) is 0 Å². The Kier molecular flexibility index (Phi) is 5.51. The van der Waals surface area contributed by atoms with Crippen LogP contribution in [-0.4, -0.2) is 45.4 Å². The van der Waals surface area contributed by atoms with Crippen LogP contribution in [0.15, 0.2) is 0 Å². The van der Waals surface area contributed by atoms with E-state index in [1.165, 1.54) is 13.0 Å². The molecule has 0 aromatic carbocycles. The third-order valence-corrected chi connectivity index (χ3v) is 1.47. The number of ether oxygens (including phenoxy) is 1. The van der Waals surface area contributed by atoms with Crippen LogP contribution in [-0.2, 0) is 4.74 Å². The predicted molar refractivity (Wildman–Crippen MR) is 48.6 cm³/mol. The van der Waals surface area contributed by atoms with Crippen molar-refractivity contribution in [1.82, 2.24) is 0 Å². The molecule has 0 radical (unpaired) electrons. The van der Waals surface area contributed by atoms with E-state index in [1.807, 2.05) is 0 Å². The van der Waals surface area contributed by atoms with Gasteiger partial charge in [0, 0.05) is 13.0 Å². The summed E-state index contributed by atoms with van der Waals surface area (Å²) in [5, 5.41) is 0. The first-order valence-electron chi connectivity index (χ1n) is 4.44. The van der Waals surface area contributed by atoms with Gasteiger partial charge in [-0.1, -0.05) is 6.92 Å². The van der Waals surface area contributed by atoms with E-state index in [2.05, 4.69) is 28.1 Å². The molecule has 68 valence electrons. The van der Waals surface area contributed by atoms with Crippen LogP contribution < -0.4 is 0 Å². The minimum Gasteiger partial charge on any atom is -0.381 e. The Hall–Kier alpha value is -0.0800. The summed E-state index contributed by atoms with van der Waals surface area (Å²) in [5.41, 5.74) is 0. The normalized spacial score (nSPS) is 12.0. The second kappa shape index (κ2) is 5.56. The molecule has 0 heterocycles. The fourth-order valence-electron chi connectivity index (χ4n) is 0.887. The zero-order valence-electron chi connectivity index (χ0n) is 8.39. The summed E-state index contributed by atoms with van der Waals surface area (Å²) in [6.45, 7) is 5.17. The molecule has 0 aliphatic rings. The zero-order chi connectivity index (χ0) is 8.74. The number of quaternary nitrogens is 1. The maximum absolute atomic E-state index is 5.37. The monoisotopic (exact) mass is 160 g/mol. The van der Waals surface area contributed by atoms with E-state index >= 15 is 0 Å². The highest BCUT2D eigenvalue weighted by Gasteiger charge is 2.04. The molecule has 0 fully saturated rings. The van der Waals surface area contributed by atoms with Crippen molar-refractivity contribution >= 4 is 0 Å². The molecule has 0 bridgehead atoms. The Morgan fingerprint density at radius 2 is 1.73 bits per heavy atom. The Balaban J connectivity index is 3.02. The second-order valence-electron chi connectivity index (χ2n) is 3.98. The van der Waals surface area contributed by atoms with E-state index in [0.717, 1.165) is 24.1 Å². The summed E-state index contributed by atoms with van der Waals surface area (Å²) in [5.74, 6) is 0. The quantitative estimate of drug-likeness (QED) is 0.423. The van der Waals surface area contributed by atoms with Gasteiger partial charge < -0.3 is 9.22 Å². The molecule has 0 unspecified atom stereocenters. The summed E-state index contributed by atoms with van der Waals surface area (Å²) in [6.07, 6.45) is 2.30. The molecule has 0 saturated carbocycles. The van der Waals surface area contributed by atoms with Gasteiger partial charge in [0.15, 0.2) is 0 Å². The van der Waals surface area contributed by atoms with E-state index in [0.29, 0.717) is 0 Å². The van der Waals surface area contributed by atoms with Gasteiger partial charge in [0.1, 0.15) is 0 Å². The first kappa shape index (κ1) is 10.9. The third-order valence-electron chi connectivity index (χ3n) is 1.47. The smallest absolute Gasteiger partial charge is 0.0802 e. The summed E-state index contributed by atoms with van der Waals surface area (Å²) in [6, 6.07) is 0. The molecule has 0 amide bonds. The molecule has 0 saturated heterocycles. The van der Waals surface area contributed by atoms with Gasteiger partial charge in [-0.05, 0) is 6.42 Å². The highest BCUT2D eigenvalue weighted by molar-refractivity contribution is 4.34. The molecule has 0 atom stereocenters. The van der Waals surface area contributed by atoms with Crippen molar-refractivity contribution in [3.8, 4) is 0 Å². The van der Waals surface area contributed by atoms with Gasteiger partial charge >= 0.3 is 0 Å². The van der Waals surface area contributed by atoms with Crippen LogP contribution in [0.3, 0.4) is 0 Å². The van der Waals surface area contributed by atoms with Crippen LogP contribution in [0.5, 0.6) is 0 Å². The lowest BCUT2D eigenvalue weighted by Crippen LogP contribution is -2.35. The van der Waals surface area contributed by atoms with E-state index < -0.39 is 0 Å². The largest absolute Gasteiger partial charge is 0.381 e. The molecule has 0 spiro atoms. The van der Waals surface area contributed by atoms with Crippen molar-refractivity contribution < 1.29 is 9.22 Å². The highest BCUT2D eigenvalue weighted by atomic mass is 16.5. The van der Waals surface area contributed by atoms with Crippen LogP contribution in [0.1, 0.15) is 19.8 Å². The van der Waals surface area contributed by atoms with Crippen LogP contribution in [0, 0.1) is 0 Å². The number of hydrogen-bond donors (Lipinski definition) is 0. The van der Waals surface area contributed by atoms with Crippen molar-refractivity contribution in [2.24, 2.45) is 0 Å². The molecule has 0 N–H and O–H groups in total. The maximum Gasteiger partial charge on any atom is 0.0802 e. The zero-order valence-corrected chi connectivity index (χ0v) is 8.39. The average molecular weight is 160 g/mol. The van der Waals surface area contributed by atoms with Crippen LogP contribution in [0.4, 0.5) is 0 Å². The highest BCUT2D eigenvalue weighted by Crippen LogP contribution is 1.94. The van der Waals surface area contributed by atoms with Gasteiger partial charge in [0.05, 0.1) is 34.3 Å². The van der Waals surface area contributed by atoms with E-state index in [-0.39, 0.29) is 0 Å². The van der Waals surface area contributed by atoms with E-state index in [1.54, 1.807) is 0 Å². The van der Waals surface area contributed by atoms with Crippen LogP contribution in [0.2, 0.25) is 0 Å². The minimum absolute atomic E-state index is 0.914. The molecule has 11 heavy (non-hydrogen) atoms. The van der Waals surface area contributed by atoms with Crippen molar-refractivity contribution in [2.45, 2.75) is 19.8 Å². The summed E-state index contributed by atoms with van der Waals surface area (Å²) in [4.78, 5) is 0. The topological polar surface area (TPSA) is 9.23 Å². The van der Waals surface area contributed by atoms with Gasteiger partial charge in [-0.25, -0.2) is 0 Å². The van der Waals surface area contributed by atoms with Crippen molar-refractivity contribution in [2.75, 3.05) is 40.9 Å². The molecule has 0 rings (SSSR count). The molecular formula is C9H22NO+. The van der Waals surface area contributed by atoms with Gasteiger partial charge in [0.2, 0.25) is 0 Å². The first-order chi connectivity index (χ1) is 5.06. The van der Waals surface area contributed by atoms with Gasteiger partial charge in [0.25, 0.3) is 0 Å². The number of hydrogen-bond acceptors (Lipinski definition) is 1. The van der Waals surface area contributed by atoms with Gasteiger partial charge in [-0.3, -0.25) is 0 Å². The summed E-state index contributed by atoms with van der Waals surface area (Å²) in [7, 11) is 6.62. The molecule has 0 aromatic heterocycles. The molecule has 0 aliphatic carbocycles. The Bertz CT molecular complexity index is 86.1. The van der Waals surface area contributed by atoms with Gasteiger partial charge in [-0.2, -0.15) is 0 Å². The molecule has 2 nitrogen and oxygen atoms in total. The first-order valence-corrected chi connectivity index (χ1v) is 4.44. The standard InChI is InChI=1S/C9H22NO/c1-5-8-11-9-6-7-10(2,3)4/h5-9H2,1-4H3/q+1. The fraction of sp³-hybridized carbons (Fsp3) is 1.00. The lowest BCUT2D eigenvalue weighted by Gasteiger charge is -2.23. The van der Waals surface area contributed by atoms with Crippen molar-refractivity contribution in [3.63, 3.8) is 0 Å². The Labute approximate surface area is 70.7 Å². The molecule has 2 heteroatoms. The lowest BCUT2D eigenvalue weighted by atomic mass is 10.4. The fourth-order valence-corrected chi connectivity index (χ4v) is 0.887. The summed E-state index contributed by atoms with van der Waals surface area (Å²) < 4.78 is 6.41. The van der Waals surface area contributed by atoms with Crippen molar-refractivity contribution in [3.05, 3.63) is 0 Å². The van der Waals surface area contributed by atoms with Crippen LogP contribution in [0.25, 0.3) is 0 Å². The molecule has 0 aromatic rings. The SMILES string of the molecule is CCCOCCC[N+](C)(C)C. The summed E-state index contributed by atoms with van der Waals surface area (Å²) >= 11 is 0. The molecule has 0 aliphatic heterocycles. The Morgan fingerprint density at radius 3 is 2.18 bits per heavy atom. The van der Waals surface area contributed by atoms with Crippen molar-refractivity contribution in [1.29, 1.82) is 0 Å². The number of nitrogens with zero attached hydrogens (tertiary/aromatic N) is 1. The number of rotatable bonds is 6. The minimum atomic E-state index is 0.914. The average Bonchev–Trinajstić information content (AvgIpc) is 1.85. The lowest BCUT2D eigenvalue weighted by molar-refractivity contribution is -0.870. The van der Waals surface area contributed by atoms with Gasteiger partial charge in [-0.15, -0.1) is 0 Å².